The van der Waals surface area contributed by atoms with Crippen LogP contribution in [-0.4, -0.2) is 35.8 Å². The molecular formula is C21H27N3O4. The molecule has 0 aliphatic heterocycles. The lowest BCUT2D eigenvalue weighted by Crippen LogP contribution is -2.34. The molecule has 7 heteroatoms. The number of nitrogens with zero attached hydrogens (tertiary/aromatic N) is 2. The van der Waals surface area contributed by atoms with Crippen LogP contribution >= 0.6 is 0 Å². The molecule has 1 N–H and O–H groups in total. The predicted octanol–water partition coefficient (Wildman–Crippen LogP) is 3.58. The van der Waals surface area contributed by atoms with Crippen molar-refractivity contribution < 1.29 is 19.1 Å². The number of carbonyl (C=O) groups excluding carboxylic acids is 1. The van der Waals surface area contributed by atoms with Gasteiger partial charge >= 0.3 is 5.97 Å². The molecule has 3 rings (SSSR count). The lowest BCUT2D eigenvalue weighted by Gasteiger charge is -2.39. The van der Waals surface area contributed by atoms with E-state index in [4.69, 9.17) is 14.3 Å². The molecule has 1 aromatic carbocycles. The molecular weight excluding hydrogens is 358 g/mol. The Kier molecular flexibility index (Phi) is 5.47. The minimum Gasteiger partial charge on any atom is -0.497 e. The zero-order valence-corrected chi connectivity index (χ0v) is 17.1. The van der Waals surface area contributed by atoms with Gasteiger partial charge in [-0.3, -0.25) is 10.3 Å². The van der Waals surface area contributed by atoms with Gasteiger partial charge in [-0.15, -0.1) is 0 Å². The van der Waals surface area contributed by atoms with E-state index < -0.39 is 5.97 Å². The third kappa shape index (κ3) is 3.62. The quantitative estimate of drug-likeness (QED) is 0.605. The summed E-state index contributed by atoms with van der Waals surface area (Å²) in [5.74, 6) is 0.349. The van der Waals surface area contributed by atoms with Gasteiger partial charge in [0.15, 0.2) is 0 Å². The van der Waals surface area contributed by atoms with Crippen LogP contribution in [0.15, 0.2) is 36.8 Å². The first-order valence-corrected chi connectivity index (χ1v) is 9.21. The number of benzene rings is 1. The molecule has 1 aliphatic carbocycles. The van der Waals surface area contributed by atoms with Gasteiger partial charge in [-0.25, -0.2) is 9.78 Å². The van der Waals surface area contributed by atoms with Crippen molar-refractivity contribution >= 4 is 11.7 Å². The highest BCUT2D eigenvalue weighted by molar-refractivity contribution is 5.87. The molecule has 1 atom stereocenters. The van der Waals surface area contributed by atoms with E-state index in [1.54, 1.807) is 26.7 Å². The number of nitrogens with one attached hydrogen (secondary N) is 1. The second-order valence-electron chi connectivity index (χ2n) is 7.68. The topological polar surface area (TPSA) is 74.6 Å². The Morgan fingerprint density at radius 3 is 2.68 bits per heavy atom. The van der Waals surface area contributed by atoms with Crippen molar-refractivity contribution in [3.8, 4) is 5.75 Å². The van der Waals surface area contributed by atoms with Crippen molar-refractivity contribution in [2.45, 2.75) is 39.8 Å². The summed E-state index contributed by atoms with van der Waals surface area (Å²) in [5, 5.41) is 0. The molecule has 0 amide bonds. The molecule has 28 heavy (non-hydrogen) atoms. The van der Waals surface area contributed by atoms with Crippen LogP contribution < -0.4 is 10.2 Å². The van der Waals surface area contributed by atoms with E-state index in [1.165, 1.54) is 0 Å². The standard InChI is InChI=1S/C21H27N3O4/c1-13(2)28-20(25)18-11-22-12-24(18)19-16-9-14(26-5)7-8-15(16)17(23-27-6)10-21(19,3)4/h7-13,19,23H,1-6H3. The van der Waals surface area contributed by atoms with E-state index in [1.807, 2.05) is 36.6 Å². The number of hydrogen-bond donors (Lipinski definition) is 1. The Morgan fingerprint density at radius 2 is 2.04 bits per heavy atom. The molecule has 0 saturated carbocycles. The number of fused-ring (bicyclic) bond motifs is 1. The van der Waals surface area contributed by atoms with Gasteiger partial charge in [-0.1, -0.05) is 19.9 Å². The van der Waals surface area contributed by atoms with Gasteiger partial charge in [0.2, 0.25) is 0 Å². The molecule has 1 aliphatic rings. The molecule has 1 unspecified atom stereocenters. The summed E-state index contributed by atoms with van der Waals surface area (Å²) < 4.78 is 12.7. The third-order valence-corrected chi connectivity index (χ3v) is 4.77. The maximum atomic E-state index is 12.6. The summed E-state index contributed by atoms with van der Waals surface area (Å²) in [4.78, 5) is 22.0. The molecule has 0 fully saturated rings. The normalized spacial score (nSPS) is 17.7. The van der Waals surface area contributed by atoms with Crippen LogP contribution in [0.25, 0.3) is 5.70 Å². The van der Waals surface area contributed by atoms with Crippen molar-refractivity contribution in [2.75, 3.05) is 14.2 Å². The molecule has 0 spiro atoms. The summed E-state index contributed by atoms with van der Waals surface area (Å²) in [6.45, 7) is 7.87. The predicted molar refractivity (Wildman–Crippen MR) is 106 cm³/mol. The van der Waals surface area contributed by atoms with Crippen LogP contribution in [0.3, 0.4) is 0 Å². The minimum atomic E-state index is -0.391. The summed E-state index contributed by atoms with van der Waals surface area (Å²) in [7, 11) is 3.22. The molecule has 150 valence electrons. The van der Waals surface area contributed by atoms with Crippen molar-refractivity contribution in [3.05, 3.63) is 53.6 Å². The first-order chi connectivity index (χ1) is 13.3. The number of ether oxygens (including phenoxy) is 2. The Hall–Kier alpha value is -2.80. The van der Waals surface area contributed by atoms with E-state index in [0.717, 1.165) is 22.6 Å². The average molecular weight is 385 g/mol. The number of imidazole rings is 1. The fourth-order valence-electron chi connectivity index (χ4n) is 3.71. The van der Waals surface area contributed by atoms with Gasteiger partial charge in [-0.2, -0.15) is 0 Å². The van der Waals surface area contributed by atoms with Crippen molar-refractivity contribution in [1.82, 2.24) is 15.0 Å². The van der Waals surface area contributed by atoms with Crippen LogP contribution in [0.5, 0.6) is 5.75 Å². The van der Waals surface area contributed by atoms with Gasteiger partial charge in [0.05, 0.1) is 44.6 Å². The Labute approximate surface area is 165 Å². The first kappa shape index (κ1) is 19.9. The molecule has 7 nitrogen and oxygen atoms in total. The van der Waals surface area contributed by atoms with E-state index >= 15 is 0 Å². The zero-order valence-electron chi connectivity index (χ0n) is 17.1. The minimum absolute atomic E-state index is 0.183. The third-order valence-electron chi connectivity index (χ3n) is 4.77. The molecule has 0 bridgehead atoms. The Balaban J connectivity index is 2.17. The highest BCUT2D eigenvalue weighted by Crippen LogP contribution is 2.47. The molecule has 0 radical (unpaired) electrons. The van der Waals surface area contributed by atoms with Crippen molar-refractivity contribution in [2.24, 2.45) is 5.41 Å². The monoisotopic (exact) mass is 385 g/mol. The smallest absolute Gasteiger partial charge is 0.356 e. The van der Waals surface area contributed by atoms with E-state index in [0.29, 0.717) is 5.69 Å². The SMILES string of the molecule is CONC1=CC(C)(C)C(n2cncc2C(=O)OC(C)C)c2cc(OC)ccc21. The highest BCUT2D eigenvalue weighted by atomic mass is 16.6. The Morgan fingerprint density at radius 1 is 1.29 bits per heavy atom. The number of aromatic nitrogens is 2. The van der Waals surface area contributed by atoms with Gasteiger partial charge in [-0.05, 0) is 37.6 Å². The van der Waals surface area contributed by atoms with Gasteiger partial charge in [0.1, 0.15) is 11.4 Å². The lowest BCUT2D eigenvalue weighted by molar-refractivity contribution is 0.0361. The van der Waals surface area contributed by atoms with E-state index in [-0.39, 0.29) is 17.6 Å². The number of carbonyl (C=O) groups is 1. The molecule has 1 heterocycles. The summed E-state index contributed by atoms with van der Waals surface area (Å²) >= 11 is 0. The molecule has 1 aromatic heterocycles. The number of hydroxylamine groups is 1. The maximum Gasteiger partial charge on any atom is 0.356 e. The van der Waals surface area contributed by atoms with E-state index in [2.05, 4.69) is 30.4 Å². The first-order valence-electron chi connectivity index (χ1n) is 9.21. The van der Waals surface area contributed by atoms with Crippen LogP contribution in [0.4, 0.5) is 0 Å². The summed E-state index contributed by atoms with van der Waals surface area (Å²) in [6, 6.07) is 5.69. The second kappa shape index (κ2) is 7.67. The second-order valence-corrected chi connectivity index (χ2v) is 7.68. The highest BCUT2D eigenvalue weighted by Gasteiger charge is 2.39. The van der Waals surface area contributed by atoms with Gasteiger partial charge in [0.25, 0.3) is 0 Å². The largest absolute Gasteiger partial charge is 0.497 e. The number of esters is 1. The fraction of sp³-hybridized carbons (Fsp3) is 0.429. The van der Waals surface area contributed by atoms with Crippen LogP contribution in [0.2, 0.25) is 0 Å². The van der Waals surface area contributed by atoms with Gasteiger partial charge in [0, 0.05) is 11.0 Å². The van der Waals surface area contributed by atoms with Crippen LogP contribution in [-0.2, 0) is 9.57 Å². The fourth-order valence-corrected chi connectivity index (χ4v) is 3.71. The summed E-state index contributed by atoms with van der Waals surface area (Å²) in [6.07, 6.45) is 5.12. The lowest BCUT2D eigenvalue weighted by atomic mass is 9.73. The number of rotatable bonds is 6. The van der Waals surface area contributed by atoms with Crippen molar-refractivity contribution in [3.63, 3.8) is 0 Å². The average Bonchev–Trinajstić information content (AvgIpc) is 3.09. The zero-order chi connectivity index (χ0) is 20.5. The van der Waals surface area contributed by atoms with Crippen LogP contribution in [0.1, 0.15) is 55.4 Å². The van der Waals surface area contributed by atoms with E-state index in [9.17, 15) is 4.79 Å². The van der Waals surface area contributed by atoms with Gasteiger partial charge < -0.3 is 14.0 Å². The number of methoxy groups -OCH3 is 1. The summed E-state index contributed by atoms with van der Waals surface area (Å²) in [5.41, 5.74) is 5.87. The number of hydrogen-bond acceptors (Lipinski definition) is 6. The maximum absolute atomic E-state index is 12.6. The number of allylic oxidation sites excluding steroid dienone is 1. The van der Waals surface area contributed by atoms with Crippen molar-refractivity contribution in [1.29, 1.82) is 0 Å². The molecule has 0 saturated heterocycles. The van der Waals surface area contributed by atoms with Crippen LogP contribution in [0, 0.1) is 5.41 Å². The Bertz CT molecular complexity index is 899. The molecule has 2 aromatic rings.